The number of carbonyl (C=O) groups is 1. The molecule has 0 radical (unpaired) electrons. The smallest absolute Gasteiger partial charge is 0.250 e. The molecule has 0 aromatic heterocycles. The highest BCUT2D eigenvalue weighted by atomic mass is 19.1. The number of carbonyl (C=O) groups excluding carboxylic acids is 1. The minimum atomic E-state index is -0.338. The number of ether oxygens (including phenoxy) is 2. The number of hydrogen-bond acceptors (Lipinski definition) is 4. The highest BCUT2D eigenvalue weighted by Gasteiger charge is 2.18. The molecular formula is C14H19FN2O3. The van der Waals surface area contributed by atoms with Crippen LogP contribution in [0.5, 0.6) is 0 Å². The maximum atomic E-state index is 12.7. The van der Waals surface area contributed by atoms with Gasteiger partial charge in [0.15, 0.2) is 0 Å². The van der Waals surface area contributed by atoms with Gasteiger partial charge in [-0.25, -0.2) is 4.39 Å². The van der Waals surface area contributed by atoms with Crippen LogP contribution in [0, 0.1) is 5.82 Å². The molecule has 1 aliphatic rings. The highest BCUT2D eigenvalue weighted by molar-refractivity contribution is 5.91. The van der Waals surface area contributed by atoms with Crippen LogP contribution in [0.1, 0.15) is 6.92 Å². The van der Waals surface area contributed by atoms with Crippen molar-refractivity contribution in [3.05, 3.63) is 30.1 Å². The molecule has 2 atom stereocenters. The fourth-order valence-electron chi connectivity index (χ4n) is 1.98. The number of halogens is 1. The third-order valence-electron chi connectivity index (χ3n) is 2.89. The minimum absolute atomic E-state index is 0.0302. The van der Waals surface area contributed by atoms with Gasteiger partial charge in [0.05, 0.1) is 18.8 Å². The van der Waals surface area contributed by atoms with Crippen molar-refractivity contribution in [3.63, 3.8) is 0 Å². The predicted molar refractivity (Wildman–Crippen MR) is 73.1 cm³/mol. The molecule has 1 aromatic rings. The van der Waals surface area contributed by atoms with Gasteiger partial charge < -0.3 is 20.1 Å². The third-order valence-corrected chi connectivity index (χ3v) is 2.89. The number of amides is 1. The van der Waals surface area contributed by atoms with E-state index in [4.69, 9.17) is 9.47 Å². The summed E-state index contributed by atoms with van der Waals surface area (Å²) >= 11 is 0. The number of rotatable bonds is 5. The van der Waals surface area contributed by atoms with Gasteiger partial charge in [-0.2, -0.15) is 0 Å². The molecule has 0 spiro atoms. The Morgan fingerprint density at radius 2 is 2.20 bits per heavy atom. The molecule has 0 saturated carbocycles. The van der Waals surface area contributed by atoms with Crippen molar-refractivity contribution in [2.75, 3.05) is 31.6 Å². The van der Waals surface area contributed by atoms with Crippen molar-refractivity contribution < 1.29 is 18.7 Å². The number of nitrogens with one attached hydrogen (secondary N) is 2. The lowest BCUT2D eigenvalue weighted by molar-refractivity contribution is -0.123. The van der Waals surface area contributed by atoms with Gasteiger partial charge in [-0.3, -0.25) is 4.79 Å². The van der Waals surface area contributed by atoms with E-state index in [1.54, 1.807) is 0 Å². The quantitative estimate of drug-likeness (QED) is 0.851. The lowest BCUT2D eigenvalue weighted by Gasteiger charge is -2.28. The molecule has 1 saturated heterocycles. The molecule has 0 bridgehead atoms. The summed E-state index contributed by atoms with van der Waals surface area (Å²) in [5.74, 6) is -0.608. The molecule has 20 heavy (non-hydrogen) atoms. The van der Waals surface area contributed by atoms with E-state index in [1.807, 2.05) is 6.92 Å². The Hall–Kier alpha value is -1.50. The number of hydrogen-bond donors (Lipinski definition) is 2. The number of benzene rings is 1. The largest absolute Gasteiger partial charge is 0.370 e. The van der Waals surface area contributed by atoms with E-state index in [-0.39, 0.29) is 30.5 Å². The van der Waals surface area contributed by atoms with Crippen molar-refractivity contribution in [1.29, 1.82) is 0 Å². The van der Waals surface area contributed by atoms with Crippen LogP contribution >= 0.6 is 0 Å². The van der Waals surface area contributed by atoms with Crippen LogP contribution in [0.3, 0.4) is 0 Å². The summed E-state index contributed by atoms with van der Waals surface area (Å²) in [4.78, 5) is 11.6. The SMILES string of the molecule is CC1CNCC(COCC(=O)Nc2ccc(F)cc2)O1. The van der Waals surface area contributed by atoms with E-state index in [0.29, 0.717) is 12.3 Å². The summed E-state index contributed by atoms with van der Waals surface area (Å²) in [6.07, 6.45) is 0.128. The van der Waals surface area contributed by atoms with Crippen LogP contribution in [-0.2, 0) is 14.3 Å². The Morgan fingerprint density at radius 1 is 1.45 bits per heavy atom. The zero-order valence-corrected chi connectivity index (χ0v) is 11.4. The van der Waals surface area contributed by atoms with E-state index in [2.05, 4.69) is 10.6 Å². The van der Waals surface area contributed by atoms with Crippen molar-refractivity contribution in [1.82, 2.24) is 5.32 Å². The summed E-state index contributed by atoms with van der Waals surface area (Å²) in [5.41, 5.74) is 0.546. The summed E-state index contributed by atoms with van der Waals surface area (Å²) in [7, 11) is 0. The van der Waals surface area contributed by atoms with Crippen molar-refractivity contribution in [2.45, 2.75) is 19.1 Å². The number of anilines is 1. The Bertz CT molecular complexity index is 439. The third kappa shape index (κ3) is 4.88. The molecular weight excluding hydrogens is 263 g/mol. The molecule has 1 aromatic carbocycles. The van der Waals surface area contributed by atoms with Gasteiger partial charge in [0.2, 0.25) is 5.91 Å². The first-order valence-corrected chi connectivity index (χ1v) is 6.63. The number of morpholine rings is 1. The van der Waals surface area contributed by atoms with Gasteiger partial charge in [-0.1, -0.05) is 0 Å². The second-order valence-corrected chi connectivity index (χ2v) is 4.80. The molecule has 0 aliphatic carbocycles. The van der Waals surface area contributed by atoms with Gasteiger partial charge in [0, 0.05) is 18.8 Å². The van der Waals surface area contributed by atoms with Crippen LogP contribution in [0.25, 0.3) is 0 Å². The molecule has 1 aliphatic heterocycles. The van der Waals surface area contributed by atoms with Crippen molar-refractivity contribution in [3.8, 4) is 0 Å². The fourth-order valence-corrected chi connectivity index (χ4v) is 1.98. The normalized spacial score (nSPS) is 22.5. The standard InChI is InChI=1S/C14H19FN2O3/c1-10-6-16-7-13(20-10)8-19-9-14(18)17-12-4-2-11(15)3-5-12/h2-5,10,13,16H,6-9H2,1H3,(H,17,18). The zero-order valence-electron chi connectivity index (χ0n) is 11.4. The summed E-state index contributed by atoms with van der Waals surface area (Å²) in [6, 6.07) is 5.59. The second kappa shape index (κ2) is 7.33. The highest BCUT2D eigenvalue weighted by Crippen LogP contribution is 2.08. The van der Waals surface area contributed by atoms with Crippen LogP contribution < -0.4 is 10.6 Å². The van der Waals surface area contributed by atoms with Gasteiger partial charge in [-0.15, -0.1) is 0 Å². The maximum Gasteiger partial charge on any atom is 0.250 e. The van der Waals surface area contributed by atoms with Crippen LogP contribution in [0.15, 0.2) is 24.3 Å². The van der Waals surface area contributed by atoms with Gasteiger partial charge in [-0.05, 0) is 31.2 Å². The minimum Gasteiger partial charge on any atom is -0.370 e. The Balaban J connectivity index is 1.66. The first-order chi connectivity index (χ1) is 9.63. The predicted octanol–water partition coefficient (Wildman–Crippen LogP) is 1.16. The maximum absolute atomic E-state index is 12.7. The fraction of sp³-hybridized carbons (Fsp3) is 0.500. The molecule has 2 unspecified atom stereocenters. The van der Waals surface area contributed by atoms with Crippen molar-refractivity contribution in [2.24, 2.45) is 0 Å². The topological polar surface area (TPSA) is 59.6 Å². The molecule has 2 N–H and O–H groups in total. The molecule has 5 nitrogen and oxygen atoms in total. The molecule has 110 valence electrons. The van der Waals surface area contributed by atoms with Gasteiger partial charge in [0.25, 0.3) is 0 Å². The lowest BCUT2D eigenvalue weighted by Crippen LogP contribution is -2.45. The van der Waals surface area contributed by atoms with Gasteiger partial charge >= 0.3 is 0 Å². The Labute approximate surface area is 117 Å². The first kappa shape index (κ1) is 14.9. The Morgan fingerprint density at radius 3 is 2.90 bits per heavy atom. The molecule has 6 heteroatoms. The molecule has 2 rings (SSSR count). The van der Waals surface area contributed by atoms with Crippen LogP contribution in [0.4, 0.5) is 10.1 Å². The van der Waals surface area contributed by atoms with E-state index in [9.17, 15) is 9.18 Å². The lowest BCUT2D eigenvalue weighted by atomic mass is 10.2. The van der Waals surface area contributed by atoms with E-state index >= 15 is 0 Å². The molecule has 1 fully saturated rings. The molecule has 1 amide bonds. The van der Waals surface area contributed by atoms with Crippen LogP contribution in [0.2, 0.25) is 0 Å². The second-order valence-electron chi connectivity index (χ2n) is 4.80. The summed E-state index contributed by atoms with van der Waals surface area (Å²) < 4.78 is 23.7. The van der Waals surface area contributed by atoms with E-state index in [0.717, 1.165) is 13.1 Å². The Kier molecular flexibility index (Phi) is 5.46. The van der Waals surface area contributed by atoms with E-state index in [1.165, 1.54) is 24.3 Å². The average molecular weight is 282 g/mol. The zero-order chi connectivity index (χ0) is 14.4. The summed E-state index contributed by atoms with van der Waals surface area (Å²) in [5, 5.41) is 5.86. The van der Waals surface area contributed by atoms with Crippen molar-refractivity contribution >= 4 is 11.6 Å². The average Bonchev–Trinajstić information content (AvgIpc) is 2.41. The van der Waals surface area contributed by atoms with Crippen LogP contribution in [-0.4, -0.2) is 44.4 Å². The monoisotopic (exact) mass is 282 g/mol. The summed E-state index contributed by atoms with van der Waals surface area (Å²) in [6.45, 7) is 3.87. The van der Waals surface area contributed by atoms with E-state index < -0.39 is 0 Å². The molecule has 1 heterocycles. The first-order valence-electron chi connectivity index (χ1n) is 6.63. The van der Waals surface area contributed by atoms with Gasteiger partial charge in [0.1, 0.15) is 12.4 Å².